The van der Waals surface area contributed by atoms with Crippen molar-refractivity contribution in [3.05, 3.63) is 60.3 Å². The Morgan fingerprint density at radius 3 is 2.64 bits per heavy atom. The van der Waals surface area contributed by atoms with Crippen LogP contribution in [0.5, 0.6) is 5.75 Å². The molecule has 0 fully saturated rings. The number of pyridine rings is 1. The van der Waals surface area contributed by atoms with Crippen LogP contribution in [-0.4, -0.2) is 25.2 Å². The molecule has 1 heterocycles. The van der Waals surface area contributed by atoms with Gasteiger partial charge in [-0.05, 0) is 35.4 Å². The van der Waals surface area contributed by atoms with E-state index in [-0.39, 0.29) is 5.97 Å². The predicted octanol–water partition coefficient (Wildman–Crippen LogP) is 3.70. The zero-order chi connectivity index (χ0) is 15.5. The van der Waals surface area contributed by atoms with Gasteiger partial charge in [0.05, 0.1) is 19.8 Å². The van der Waals surface area contributed by atoms with Gasteiger partial charge in [-0.15, -0.1) is 0 Å². The Hall–Kier alpha value is -2.88. The number of ether oxygens (including phenoxy) is 2. The molecule has 0 saturated heterocycles. The zero-order valence-electron chi connectivity index (χ0n) is 12.4. The first-order valence-electron chi connectivity index (χ1n) is 6.85. The highest BCUT2D eigenvalue weighted by Crippen LogP contribution is 2.33. The average molecular weight is 293 g/mol. The number of carbonyl (C=O) groups is 1. The second-order valence-corrected chi connectivity index (χ2v) is 4.79. The summed E-state index contributed by atoms with van der Waals surface area (Å²) < 4.78 is 10.3. The molecule has 3 aromatic rings. The number of carbonyl (C=O) groups excluding carboxylic acids is 1. The van der Waals surface area contributed by atoms with E-state index in [1.165, 1.54) is 7.11 Å². The Balaban J connectivity index is 2.25. The maximum Gasteiger partial charge on any atom is 0.338 e. The normalized spacial score (nSPS) is 10.5. The summed E-state index contributed by atoms with van der Waals surface area (Å²) in [6.07, 6.45) is 1.73. The van der Waals surface area contributed by atoms with Gasteiger partial charge in [0.15, 0.2) is 0 Å². The Morgan fingerprint density at radius 2 is 1.86 bits per heavy atom. The minimum Gasteiger partial charge on any atom is -0.494 e. The van der Waals surface area contributed by atoms with Gasteiger partial charge in [-0.1, -0.05) is 24.3 Å². The first-order chi connectivity index (χ1) is 10.7. The third-order valence-corrected chi connectivity index (χ3v) is 3.53. The quantitative estimate of drug-likeness (QED) is 0.691. The summed E-state index contributed by atoms with van der Waals surface area (Å²) in [6.45, 7) is 0. The lowest BCUT2D eigenvalue weighted by molar-refractivity contribution is 0.0601. The van der Waals surface area contributed by atoms with Crippen LogP contribution >= 0.6 is 0 Å². The summed E-state index contributed by atoms with van der Waals surface area (Å²) in [5.74, 6) is 0.314. The fourth-order valence-corrected chi connectivity index (χ4v) is 2.49. The fraction of sp³-hybridized carbons (Fsp3) is 0.111. The molecule has 0 aliphatic carbocycles. The van der Waals surface area contributed by atoms with Crippen LogP contribution in [0.2, 0.25) is 0 Å². The number of nitrogens with zero attached hydrogens (tertiary/aromatic N) is 1. The lowest BCUT2D eigenvalue weighted by Crippen LogP contribution is -2.03. The van der Waals surface area contributed by atoms with E-state index in [4.69, 9.17) is 9.47 Å². The first kappa shape index (κ1) is 14.1. The van der Waals surface area contributed by atoms with Gasteiger partial charge in [-0.25, -0.2) is 4.79 Å². The van der Waals surface area contributed by atoms with Crippen molar-refractivity contribution in [2.75, 3.05) is 14.2 Å². The van der Waals surface area contributed by atoms with Gasteiger partial charge >= 0.3 is 5.97 Å². The van der Waals surface area contributed by atoms with Crippen molar-refractivity contribution in [3.8, 4) is 16.9 Å². The van der Waals surface area contributed by atoms with Gasteiger partial charge in [0.25, 0.3) is 0 Å². The summed E-state index contributed by atoms with van der Waals surface area (Å²) in [5.41, 5.74) is 3.01. The number of hydrogen-bond donors (Lipinski definition) is 0. The molecule has 0 radical (unpaired) electrons. The van der Waals surface area contributed by atoms with Crippen LogP contribution in [-0.2, 0) is 4.74 Å². The van der Waals surface area contributed by atoms with Gasteiger partial charge in [0, 0.05) is 11.6 Å². The molecule has 0 aliphatic rings. The Labute approximate surface area is 128 Å². The van der Waals surface area contributed by atoms with Crippen molar-refractivity contribution < 1.29 is 14.3 Å². The number of aromatic nitrogens is 1. The van der Waals surface area contributed by atoms with Crippen molar-refractivity contribution >= 4 is 16.9 Å². The van der Waals surface area contributed by atoms with Crippen LogP contribution in [0.4, 0.5) is 0 Å². The van der Waals surface area contributed by atoms with E-state index in [9.17, 15) is 4.79 Å². The molecule has 0 spiro atoms. The molecule has 0 unspecified atom stereocenters. The molecule has 4 heteroatoms. The minimum absolute atomic E-state index is 0.360. The molecule has 0 N–H and O–H groups in total. The van der Waals surface area contributed by atoms with Crippen molar-refractivity contribution in [2.45, 2.75) is 0 Å². The Kier molecular flexibility index (Phi) is 3.74. The lowest BCUT2D eigenvalue weighted by atomic mass is 9.98. The number of hydrogen-bond acceptors (Lipinski definition) is 4. The molecule has 110 valence electrons. The van der Waals surface area contributed by atoms with Gasteiger partial charge < -0.3 is 9.47 Å². The maximum absolute atomic E-state index is 12.0. The highest BCUT2D eigenvalue weighted by Gasteiger charge is 2.14. The van der Waals surface area contributed by atoms with Crippen LogP contribution in [0.3, 0.4) is 0 Å². The Bertz CT molecular complexity index is 843. The van der Waals surface area contributed by atoms with Crippen LogP contribution in [0, 0.1) is 0 Å². The topological polar surface area (TPSA) is 48.4 Å². The van der Waals surface area contributed by atoms with Crippen molar-refractivity contribution in [2.24, 2.45) is 0 Å². The second-order valence-electron chi connectivity index (χ2n) is 4.79. The van der Waals surface area contributed by atoms with Crippen molar-refractivity contribution in [3.63, 3.8) is 0 Å². The zero-order valence-corrected chi connectivity index (χ0v) is 12.4. The van der Waals surface area contributed by atoms with Gasteiger partial charge in [-0.2, -0.15) is 0 Å². The van der Waals surface area contributed by atoms with Crippen LogP contribution in [0.1, 0.15) is 10.4 Å². The van der Waals surface area contributed by atoms with E-state index in [1.54, 1.807) is 19.4 Å². The molecule has 4 nitrogen and oxygen atoms in total. The van der Waals surface area contributed by atoms with E-state index in [1.807, 2.05) is 42.5 Å². The summed E-state index contributed by atoms with van der Waals surface area (Å²) >= 11 is 0. The summed E-state index contributed by atoms with van der Waals surface area (Å²) in [5, 5.41) is 0.955. The fourth-order valence-electron chi connectivity index (χ4n) is 2.49. The maximum atomic E-state index is 12.0. The largest absolute Gasteiger partial charge is 0.494 e. The molecule has 0 atom stereocenters. The summed E-state index contributed by atoms with van der Waals surface area (Å²) in [6, 6.07) is 15.1. The van der Waals surface area contributed by atoms with Gasteiger partial charge in [0.1, 0.15) is 11.3 Å². The molecule has 2 aromatic carbocycles. The molecule has 0 amide bonds. The van der Waals surface area contributed by atoms with Crippen molar-refractivity contribution in [1.29, 1.82) is 0 Å². The van der Waals surface area contributed by atoms with Crippen LogP contribution in [0.15, 0.2) is 54.7 Å². The SMILES string of the molecule is COC(=O)c1ccccc1-c1cc(OC)c2ncccc2c1. The third-order valence-electron chi connectivity index (χ3n) is 3.53. The van der Waals surface area contributed by atoms with Crippen LogP contribution in [0.25, 0.3) is 22.0 Å². The van der Waals surface area contributed by atoms with E-state index in [0.29, 0.717) is 11.3 Å². The number of rotatable bonds is 3. The molecule has 22 heavy (non-hydrogen) atoms. The Morgan fingerprint density at radius 1 is 1.05 bits per heavy atom. The molecule has 0 saturated carbocycles. The second kappa shape index (κ2) is 5.85. The molecular weight excluding hydrogens is 278 g/mol. The van der Waals surface area contributed by atoms with E-state index in [2.05, 4.69) is 4.98 Å². The lowest BCUT2D eigenvalue weighted by Gasteiger charge is -2.11. The third kappa shape index (κ3) is 2.39. The smallest absolute Gasteiger partial charge is 0.338 e. The number of benzene rings is 2. The van der Waals surface area contributed by atoms with E-state index >= 15 is 0 Å². The summed E-state index contributed by atoms with van der Waals surface area (Å²) in [7, 11) is 2.99. The highest BCUT2D eigenvalue weighted by atomic mass is 16.5. The molecule has 3 rings (SSSR count). The van der Waals surface area contributed by atoms with Crippen LogP contribution < -0.4 is 4.74 Å². The monoisotopic (exact) mass is 293 g/mol. The number of esters is 1. The molecular formula is C18H15NO3. The molecule has 0 bridgehead atoms. The van der Waals surface area contributed by atoms with Gasteiger partial charge in [-0.3, -0.25) is 4.98 Å². The number of fused-ring (bicyclic) bond motifs is 1. The average Bonchev–Trinajstić information content (AvgIpc) is 2.60. The molecule has 1 aromatic heterocycles. The molecule has 0 aliphatic heterocycles. The minimum atomic E-state index is -0.360. The standard InChI is InChI=1S/C18H15NO3/c1-21-16-11-13(10-12-6-5-9-19-17(12)16)14-7-3-4-8-15(14)18(20)22-2/h3-11H,1-2H3. The predicted molar refractivity (Wildman–Crippen MR) is 85.1 cm³/mol. The highest BCUT2D eigenvalue weighted by molar-refractivity contribution is 5.99. The first-order valence-corrected chi connectivity index (χ1v) is 6.85. The van der Waals surface area contributed by atoms with E-state index in [0.717, 1.165) is 22.0 Å². The van der Waals surface area contributed by atoms with Crippen molar-refractivity contribution in [1.82, 2.24) is 4.98 Å². The number of methoxy groups -OCH3 is 2. The summed E-state index contributed by atoms with van der Waals surface area (Å²) in [4.78, 5) is 16.3. The van der Waals surface area contributed by atoms with E-state index < -0.39 is 0 Å². The van der Waals surface area contributed by atoms with Gasteiger partial charge in [0.2, 0.25) is 0 Å².